The van der Waals surface area contributed by atoms with Gasteiger partial charge in [-0.15, -0.1) is 0 Å². The number of carbonyl (C=O) groups is 1. The highest BCUT2D eigenvalue weighted by molar-refractivity contribution is 5.92. The summed E-state index contributed by atoms with van der Waals surface area (Å²) in [5, 5.41) is 8.96. The number of nitrogens with one attached hydrogen (secondary N) is 1. The molecule has 0 unspecified atom stereocenters. The Morgan fingerprint density at radius 1 is 1.67 bits per heavy atom. The number of carboxylic acid groups (broad SMARTS) is 1. The van der Waals surface area contributed by atoms with E-state index in [1.165, 1.54) is 0 Å². The number of hydrogen-bond acceptors (Lipinski definition) is 3. The number of anilines is 1. The smallest absolute Gasteiger partial charge is 0.356 e. The Kier molecular flexibility index (Phi) is 1.92. The molecule has 15 heavy (non-hydrogen) atoms. The Balaban J connectivity index is 2.49. The summed E-state index contributed by atoms with van der Waals surface area (Å²) in [5.41, 5.74) is 0.546. The van der Waals surface area contributed by atoms with Gasteiger partial charge in [-0.3, -0.25) is 0 Å². The molecule has 2 rings (SSSR count). The highest BCUT2D eigenvalue weighted by Crippen LogP contribution is 2.38. The number of rotatable bonds is 1. The molecular formula is C10H14N2O3. The van der Waals surface area contributed by atoms with Crippen LogP contribution in [0.15, 0.2) is 6.20 Å². The average molecular weight is 210 g/mol. The van der Waals surface area contributed by atoms with E-state index >= 15 is 0 Å². The largest absolute Gasteiger partial charge is 0.481 e. The molecule has 0 saturated heterocycles. The van der Waals surface area contributed by atoms with Crippen molar-refractivity contribution in [2.24, 2.45) is 0 Å². The second-order valence-corrected chi connectivity index (χ2v) is 4.40. The van der Waals surface area contributed by atoms with Crippen LogP contribution < -0.4 is 9.64 Å². The number of fused-ring (bicyclic) bond motifs is 1. The van der Waals surface area contributed by atoms with Crippen molar-refractivity contribution in [3.63, 3.8) is 0 Å². The molecule has 0 spiro atoms. The number of H-pyrrole nitrogens is 1. The van der Waals surface area contributed by atoms with Crippen LogP contribution in [0.25, 0.3) is 0 Å². The second-order valence-electron chi connectivity index (χ2n) is 4.40. The van der Waals surface area contributed by atoms with Crippen LogP contribution in [-0.4, -0.2) is 35.3 Å². The van der Waals surface area contributed by atoms with Crippen molar-refractivity contribution < 1.29 is 14.6 Å². The van der Waals surface area contributed by atoms with Gasteiger partial charge in [0, 0.05) is 13.2 Å². The highest BCUT2D eigenvalue weighted by atomic mass is 16.5. The zero-order valence-electron chi connectivity index (χ0n) is 9.00. The van der Waals surface area contributed by atoms with Crippen LogP contribution in [0.4, 0.5) is 5.69 Å². The summed E-state index contributed by atoms with van der Waals surface area (Å²) in [6, 6.07) is 0. The molecule has 1 aromatic rings. The van der Waals surface area contributed by atoms with Crippen LogP contribution in [0.1, 0.15) is 24.3 Å². The molecule has 0 aliphatic carbocycles. The van der Waals surface area contributed by atoms with Crippen LogP contribution >= 0.6 is 0 Å². The molecule has 0 saturated carbocycles. The molecule has 1 aliphatic rings. The van der Waals surface area contributed by atoms with Gasteiger partial charge in [0.2, 0.25) is 0 Å². The molecule has 0 bridgehead atoms. The lowest BCUT2D eigenvalue weighted by Crippen LogP contribution is -2.45. The Morgan fingerprint density at radius 2 is 2.33 bits per heavy atom. The minimum Gasteiger partial charge on any atom is -0.481 e. The molecule has 0 atom stereocenters. The SMILES string of the molecule is CN1CC(C)(C)Oc2c1c[nH]c2C(=O)O. The van der Waals surface area contributed by atoms with E-state index < -0.39 is 5.97 Å². The summed E-state index contributed by atoms with van der Waals surface area (Å²) in [6.45, 7) is 4.60. The third-order valence-electron chi connectivity index (χ3n) is 2.43. The maximum absolute atomic E-state index is 10.9. The Labute approximate surface area is 87.7 Å². The number of likely N-dealkylation sites (N-methyl/N-ethyl adjacent to an activating group) is 1. The van der Waals surface area contributed by atoms with Crippen molar-refractivity contribution in [2.75, 3.05) is 18.5 Å². The lowest BCUT2D eigenvalue weighted by atomic mass is 10.1. The summed E-state index contributed by atoms with van der Waals surface area (Å²) >= 11 is 0. The third kappa shape index (κ3) is 1.54. The van der Waals surface area contributed by atoms with Crippen molar-refractivity contribution in [3.8, 4) is 5.75 Å². The van der Waals surface area contributed by atoms with Crippen molar-refractivity contribution in [1.82, 2.24) is 4.98 Å². The average Bonchev–Trinajstić information content (AvgIpc) is 2.45. The Bertz CT molecular complexity index is 409. The first-order valence-electron chi connectivity index (χ1n) is 4.75. The predicted molar refractivity (Wildman–Crippen MR) is 55.7 cm³/mol. The van der Waals surface area contributed by atoms with Gasteiger partial charge in [-0.2, -0.15) is 0 Å². The summed E-state index contributed by atoms with van der Waals surface area (Å²) < 4.78 is 5.67. The number of aromatic amines is 1. The molecule has 0 fully saturated rings. The molecule has 0 aromatic carbocycles. The molecule has 0 radical (unpaired) electrons. The van der Waals surface area contributed by atoms with Gasteiger partial charge < -0.3 is 19.7 Å². The lowest BCUT2D eigenvalue weighted by Gasteiger charge is -2.37. The number of aromatic nitrogens is 1. The first-order chi connectivity index (χ1) is 6.91. The highest BCUT2D eigenvalue weighted by Gasteiger charge is 2.34. The van der Waals surface area contributed by atoms with Crippen LogP contribution in [-0.2, 0) is 0 Å². The predicted octanol–water partition coefficient (Wildman–Crippen LogP) is 1.32. The normalized spacial score (nSPS) is 18.2. The molecule has 1 aliphatic heterocycles. The monoisotopic (exact) mass is 210 g/mol. The van der Waals surface area contributed by atoms with Crippen molar-refractivity contribution in [1.29, 1.82) is 0 Å². The van der Waals surface area contributed by atoms with Gasteiger partial charge in [0.15, 0.2) is 11.4 Å². The minimum absolute atomic E-state index is 0.115. The Hall–Kier alpha value is -1.65. The molecule has 1 aromatic heterocycles. The fraction of sp³-hybridized carbons (Fsp3) is 0.500. The van der Waals surface area contributed by atoms with Gasteiger partial charge in [-0.1, -0.05) is 0 Å². The van der Waals surface area contributed by atoms with Gasteiger partial charge >= 0.3 is 5.97 Å². The first-order valence-corrected chi connectivity index (χ1v) is 4.75. The zero-order chi connectivity index (χ0) is 11.2. The van der Waals surface area contributed by atoms with Gasteiger partial charge in [0.1, 0.15) is 5.60 Å². The molecule has 5 heteroatoms. The maximum Gasteiger partial charge on any atom is 0.356 e. The number of nitrogens with zero attached hydrogens (tertiary/aromatic N) is 1. The van der Waals surface area contributed by atoms with E-state index in [9.17, 15) is 4.79 Å². The summed E-state index contributed by atoms with van der Waals surface area (Å²) in [7, 11) is 1.92. The van der Waals surface area contributed by atoms with Crippen LogP contribution in [0.3, 0.4) is 0 Å². The van der Waals surface area contributed by atoms with Crippen molar-refractivity contribution in [3.05, 3.63) is 11.9 Å². The van der Waals surface area contributed by atoms with Crippen LogP contribution in [0, 0.1) is 0 Å². The standard InChI is InChI=1S/C10H14N2O3/c1-10(2)5-12(3)6-4-11-7(9(13)14)8(6)15-10/h4,11H,5H2,1-3H3,(H,13,14). The molecule has 5 nitrogen and oxygen atoms in total. The van der Waals surface area contributed by atoms with E-state index in [0.29, 0.717) is 5.75 Å². The first kappa shape index (κ1) is 9.89. The summed E-state index contributed by atoms with van der Waals surface area (Å²) in [4.78, 5) is 15.6. The van der Waals surface area contributed by atoms with E-state index in [1.807, 2.05) is 25.8 Å². The molecule has 2 N–H and O–H groups in total. The van der Waals surface area contributed by atoms with Gasteiger partial charge in [0.25, 0.3) is 0 Å². The molecule has 2 heterocycles. The summed E-state index contributed by atoms with van der Waals surface area (Å²) in [5.74, 6) is -0.566. The van der Waals surface area contributed by atoms with E-state index in [1.54, 1.807) is 6.20 Å². The topological polar surface area (TPSA) is 65.6 Å². The van der Waals surface area contributed by atoms with Crippen LogP contribution in [0.2, 0.25) is 0 Å². The van der Waals surface area contributed by atoms with E-state index in [2.05, 4.69) is 4.98 Å². The lowest BCUT2D eigenvalue weighted by molar-refractivity contribution is 0.0666. The van der Waals surface area contributed by atoms with E-state index in [-0.39, 0.29) is 11.3 Å². The number of aromatic carboxylic acids is 1. The molecule has 82 valence electrons. The quantitative estimate of drug-likeness (QED) is 0.733. The molecular weight excluding hydrogens is 196 g/mol. The Morgan fingerprint density at radius 3 is 2.93 bits per heavy atom. The van der Waals surface area contributed by atoms with Gasteiger partial charge in [-0.25, -0.2) is 4.79 Å². The zero-order valence-corrected chi connectivity index (χ0v) is 9.00. The number of carboxylic acids is 1. The number of ether oxygens (including phenoxy) is 1. The van der Waals surface area contributed by atoms with Crippen LogP contribution in [0.5, 0.6) is 5.75 Å². The van der Waals surface area contributed by atoms with E-state index in [0.717, 1.165) is 12.2 Å². The fourth-order valence-electron chi connectivity index (χ4n) is 1.91. The summed E-state index contributed by atoms with van der Waals surface area (Å²) in [6.07, 6.45) is 1.66. The second kappa shape index (κ2) is 2.92. The van der Waals surface area contributed by atoms with Crippen molar-refractivity contribution in [2.45, 2.75) is 19.4 Å². The maximum atomic E-state index is 10.9. The van der Waals surface area contributed by atoms with Gasteiger partial charge in [-0.05, 0) is 13.8 Å². The molecule has 0 amide bonds. The fourth-order valence-corrected chi connectivity index (χ4v) is 1.91. The number of hydrogen-bond donors (Lipinski definition) is 2. The van der Waals surface area contributed by atoms with E-state index in [4.69, 9.17) is 9.84 Å². The van der Waals surface area contributed by atoms with Crippen molar-refractivity contribution >= 4 is 11.7 Å². The minimum atomic E-state index is -0.998. The van der Waals surface area contributed by atoms with Gasteiger partial charge in [0.05, 0.1) is 12.2 Å². The third-order valence-corrected chi connectivity index (χ3v) is 2.43.